The van der Waals surface area contributed by atoms with E-state index in [2.05, 4.69) is 16.9 Å². The van der Waals surface area contributed by atoms with Crippen molar-refractivity contribution in [2.24, 2.45) is 5.92 Å². The van der Waals surface area contributed by atoms with Crippen molar-refractivity contribution in [1.29, 1.82) is 0 Å². The normalized spacial score (nSPS) is 16.6. The summed E-state index contributed by atoms with van der Waals surface area (Å²) in [6, 6.07) is 3.80. The van der Waals surface area contributed by atoms with Gasteiger partial charge in [-0.05, 0) is 37.8 Å². The molecule has 3 heterocycles. The molecule has 1 amide bonds. The predicted octanol–water partition coefficient (Wildman–Crippen LogP) is 2.81. The van der Waals surface area contributed by atoms with Crippen LogP contribution in [0.25, 0.3) is 10.9 Å². The lowest BCUT2D eigenvalue weighted by Gasteiger charge is -2.30. The molecular weight excluding hydrogens is 250 g/mol. The lowest BCUT2D eigenvalue weighted by Crippen LogP contribution is -2.38. The number of amides is 1. The van der Waals surface area contributed by atoms with Crippen LogP contribution in [0.2, 0.25) is 0 Å². The minimum Gasteiger partial charge on any atom is -0.339 e. The SMILES string of the molecule is Cc1nc2ccncc2cc1C(=O)N1CCC(C)CC1. The van der Waals surface area contributed by atoms with Crippen molar-refractivity contribution in [1.82, 2.24) is 14.9 Å². The Labute approximate surface area is 118 Å². The summed E-state index contributed by atoms with van der Waals surface area (Å²) in [7, 11) is 0. The molecule has 0 bridgehead atoms. The standard InChI is InChI=1S/C16H19N3O/c1-11-4-7-19(8-5-11)16(20)14-9-13-10-17-6-3-15(13)18-12(14)2/h3,6,9-11H,4-5,7-8H2,1-2H3. The molecule has 0 unspecified atom stereocenters. The molecule has 0 aliphatic carbocycles. The van der Waals surface area contributed by atoms with Crippen LogP contribution >= 0.6 is 0 Å². The second kappa shape index (κ2) is 5.19. The van der Waals surface area contributed by atoms with Crippen LogP contribution in [-0.4, -0.2) is 33.9 Å². The number of hydrogen-bond acceptors (Lipinski definition) is 3. The zero-order valence-electron chi connectivity index (χ0n) is 12.0. The van der Waals surface area contributed by atoms with Gasteiger partial charge in [0.15, 0.2) is 0 Å². The van der Waals surface area contributed by atoms with Gasteiger partial charge < -0.3 is 4.90 Å². The summed E-state index contributed by atoms with van der Waals surface area (Å²) in [6.45, 7) is 5.85. The number of carbonyl (C=O) groups excluding carboxylic acids is 1. The van der Waals surface area contributed by atoms with Crippen molar-refractivity contribution in [2.75, 3.05) is 13.1 Å². The Morgan fingerprint density at radius 1 is 1.35 bits per heavy atom. The van der Waals surface area contributed by atoms with E-state index in [1.807, 2.05) is 24.0 Å². The third-order valence-electron chi connectivity index (χ3n) is 4.11. The predicted molar refractivity (Wildman–Crippen MR) is 78.6 cm³/mol. The Balaban J connectivity index is 1.93. The molecular formula is C16H19N3O. The maximum atomic E-state index is 12.6. The summed E-state index contributed by atoms with van der Waals surface area (Å²) in [5, 5.41) is 0.923. The summed E-state index contributed by atoms with van der Waals surface area (Å²) in [6.07, 6.45) is 5.67. The molecule has 4 heteroatoms. The molecule has 0 aromatic carbocycles. The highest BCUT2D eigenvalue weighted by atomic mass is 16.2. The fraction of sp³-hybridized carbons (Fsp3) is 0.438. The third kappa shape index (κ3) is 2.38. The molecule has 2 aromatic rings. The van der Waals surface area contributed by atoms with Gasteiger partial charge in [-0.2, -0.15) is 0 Å². The number of piperidine rings is 1. The lowest BCUT2D eigenvalue weighted by molar-refractivity contribution is 0.0696. The first-order valence-electron chi connectivity index (χ1n) is 7.16. The van der Waals surface area contributed by atoms with Crippen molar-refractivity contribution in [3.05, 3.63) is 35.8 Å². The van der Waals surface area contributed by atoms with Gasteiger partial charge in [-0.15, -0.1) is 0 Å². The van der Waals surface area contributed by atoms with Crippen LogP contribution in [0, 0.1) is 12.8 Å². The average molecular weight is 269 g/mol. The number of pyridine rings is 2. The summed E-state index contributed by atoms with van der Waals surface area (Å²) < 4.78 is 0. The second-order valence-electron chi connectivity index (χ2n) is 5.66. The first-order chi connectivity index (χ1) is 9.65. The van der Waals surface area contributed by atoms with Crippen LogP contribution in [0.5, 0.6) is 0 Å². The van der Waals surface area contributed by atoms with Gasteiger partial charge in [-0.1, -0.05) is 6.92 Å². The monoisotopic (exact) mass is 269 g/mol. The van der Waals surface area contributed by atoms with Gasteiger partial charge in [0, 0.05) is 30.9 Å². The number of rotatable bonds is 1. The van der Waals surface area contributed by atoms with Gasteiger partial charge in [0.05, 0.1) is 16.8 Å². The first-order valence-corrected chi connectivity index (χ1v) is 7.16. The van der Waals surface area contributed by atoms with Gasteiger partial charge >= 0.3 is 0 Å². The van der Waals surface area contributed by atoms with Crippen LogP contribution < -0.4 is 0 Å². The zero-order chi connectivity index (χ0) is 14.1. The Morgan fingerprint density at radius 3 is 2.85 bits per heavy atom. The molecule has 0 atom stereocenters. The van der Waals surface area contributed by atoms with Crippen molar-refractivity contribution < 1.29 is 4.79 Å². The number of fused-ring (bicyclic) bond motifs is 1. The highest BCUT2D eigenvalue weighted by molar-refractivity contribution is 5.98. The van der Waals surface area contributed by atoms with E-state index in [4.69, 9.17) is 0 Å². The molecule has 2 aromatic heterocycles. The minimum absolute atomic E-state index is 0.104. The molecule has 0 spiro atoms. The van der Waals surface area contributed by atoms with Gasteiger partial charge in [0.25, 0.3) is 5.91 Å². The number of aryl methyl sites for hydroxylation is 1. The minimum atomic E-state index is 0.104. The molecule has 1 fully saturated rings. The lowest BCUT2D eigenvalue weighted by atomic mass is 9.98. The Morgan fingerprint density at radius 2 is 2.10 bits per heavy atom. The number of nitrogens with zero attached hydrogens (tertiary/aromatic N) is 3. The van der Waals surface area contributed by atoms with Crippen molar-refractivity contribution in [3.63, 3.8) is 0 Å². The Kier molecular flexibility index (Phi) is 3.38. The number of carbonyl (C=O) groups is 1. The van der Waals surface area contributed by atoms with Crippen LogP contribution in [0.3, 0.4) is 0 Å². The Hall–Kier alpha value is -1.97. The van der Waals surface area contributed by atoms with E-state index in [9.17, 15) is 4.79 Å². The first kappa shape index (κ1) is 13.0. The maximum Gasteiger partial charge on any atom is 0.255 e. The van der Waals surface area contributed by atoms with Gasteiger partial charge in [-0.25, -0.2) is 0 Å². The van der Waals surface area contributed by atoms with Crippen LogP contribution in [0.15, 0.2) is 24.5 Å². The van der Waals surface area contributed by atoms with Crippen molar-refractivity contribution in [3.8, 4) is 0 Å². The van der Waals surface area contributed by atoms with E-state index in [0.717, 1.165) is 48.4 Å². The van der Waals surface area contributed by atoms with Crippen molar-refractivity contribution >= 4 is 16.8 Å². The fourth-order valence-corrected chi connectivity index (χ4v) is 2.71. The van der Waals surface area contributed by atoms with Gasteiger partial charge in [-0.3, -0.25) is 14.8 Å². The van der Waals surface area contributed by atoms with Crippen LogP contribution in [-0.2, 0) is 0 Å². The quantitative estimate of drug-likeness (QED) is 0.799. The van der Waals surface area contributed by atoms with Gasteiger partial charge in [0.2, 0.25) is 0 Å². The largest absolute Gasteiger partial charge is 0.339 e. The van der Waals surface area contributed by atoms with E-state index in [1.54, 1.807) is 12.4 Å². The average Bonchev–Trinajstić information content (AvgIpc) is 2.46. The maximum absolute atomic E-state index is 12.6. The summed E-state index contributed by atoms with van der Waals surface area (Å²) in [5.74, 6) is 0.826. The Bertz CT molecular complexity index is 645. The molecule has 0 radical (unpaired) electrons. The van der Waals surface area contributed by atoms with E-state index >= 15 is 0 Å². The molecule has 0 N–H and O–H groups in total. The highest BCUT2D eigenvalue weighted by Crippen LogP contribution is 2.21. The topological polar surface area (TPSA) is 46.1 Å². The molecule has 4 nitrogen and oxygen atoms in total. The molecule has 1 aliphatic rings. The van der Waals surface area contributed by atoms with E-state index in [1.165, 1.54) is 0 Å². The van der Waals surface area contributed by atoms with E-state index in [-0.39, 0.29) is 5.91 Å². The molecule has 1 saturated heterocycles. The molecule has 1 aliphatic heterocycles. The summed E-state index contributed by atoms with van der Waals surface area (Å²) in [5.41, 5.74) is 2.40. The highest BCUT2D eigenvalue weighted by Gasteiger charge is 2.23. The van der Waals surface area contributed by atoms with Gasteiger partial charge in [0.1, 0.15) is 0 Å². The molecule has 3 rings (SSSR count). The summed E-state index contributed by atoms with van der Waals surface area (Å²) >= 11 is 0. The van der Waals surface area contributed by atoms with Crippen molar-refractivity contribution in [2.45, 2.75) is 26.7 Å². The third-order valence-corrected chi connectivity index (χ3v) is 4.11. The fourth-order valence-electron chi connectivity index (χ4n) is 2.71. The zero-order valence-corrected chi connectivity index (χ0v) is 12.0. The number of aromatic nitrogens is 2. The summed E-state index contributed by atoms with van der Waals surface area (Å²) in [4.78, 5) is 23.2. The number of likely N-dealkylation sites (tertiary alicyclic amines) is 1. The number of hydrogen-bond donors (Lipinski definition) is 0. The molecule has 0 saturated carbocycles. The molecule has 20 heavy (non-hydrogen) atoms. The van der Waals surface area contributed by atoms with Crippen LogP contribution in [0.1, 0.15) is 35.8 Å². The van der Waals surface area contributed by atoms with Crippen LogP contribution in [0.4, 0.5) is 0 Å². The van der Waals surface area contributed by atoms with E-state index < -0.39 is 0 Å². The second-order valence-corrected chi connectivity index (χ2v) is 5.66. The van der Waals surface area contributed by atoms with E-state index in [0.29, 0.717) is 5.56 Å². The smallest absolute Gasteiger partial charge is 0.255 e. The molecule has 104 valence electrons.